The zero-order valence-electron chi connectivity index (χ0n) is 36.7. The molecule has 4 atom stereocenters. The molecule has 2 aliphatic carbocycles. The van der Waals surface area contributed by atoms with Gasteiger partial charge in [0.2, 0.25) is 11.6 Å². The fraction of sp³-hybridized carbons (Fsp3) is 0.320. The highest BCUT2D eigenvalue weighted by Gasteiger charge is 2.32. The number of fused-ring (bicyclic) bond motifs is 1. The summed E-state index contributed by atoms with van der Waals surface area (Å²) in [6.45, 7) is 7.76. The normalized spacial score (nSPS) is 18.0. The predicted molar refractivity (Wildman–Crippen MR) is 252 cm³/mol. The van der Waals surface area contributed by atoms with E-state index in [-0.39, 0.29) is 36.1 Å². The van der Waals surface area contributed by atoms with E-state index in [2.05, 4.69) is 36.1 Å². The monoisotopic (exact) mass is 930 g/mol. The third-order valence-electron chi connectivity index (χ3n) is 11.6. The molecule has 14 nitrogen and oxygen atoms in total. The lowest BCUT2D eigenvalue weighted by Crippen LogP contribution is -2.18. The van der Waals surface area contributed by atoms with Crippen molar-refractivity contribution in [3.63, 3.8) is 0 Å². The van der Waals surface area contributed by atoms with Crippen molar-refractivity contribution < 1.29 is 38.3 Å². The molecule has 0 saturated heterocycles. The lowest BCUT2D eigenvalue weighted by molar-refractivity contribution is -0.142. The van der Waals surface area contributed by atoms with Gasteiger partial charge >= 0.3 is 11.9 Å². The van der Waals surface area contributed by atoms with Gasteiger partial charge < -0.3 is 38.6 Å². The van der Waals surface area contributed by atoms with Crippen LogP contribution >= 0.6 is 23.2 Å². The van der Waals surface area contributed by atoms with Crippen LogP contribution in [0.4, 0.5) is 5.69 Å². The molecule has 2 fully saturated rings. The van der Waals surface area contributed by atoms with E-state index in [0.717, 1.165) is 47.0 Å². The Bertz CT molecular complexity index is 2930. The van der Waals surface area contributed by atoms with Gasteiger partial charge in [-0.2, -0.15) is 9.97 Å². The van der Waals surface area contributed by atoms with Crippen LogP contribution in [0.25, 0.3) is 56.6 Å². The van der Waals surface area contributed by atoms with E-state index in [1.807, 2.05) is 82.4 Å². The van der Waals surface area contributed by atoms with E-state index < -0.39 is 11.9 Å². The van der Waals surface area contributed by atoms with E-state index in [4.69, 9.17) is 48.1 Å². The Morgan fingerprint density at radius 1 is 0.727 bits per heavy atom. The number of rotatable bonds is 13. The summed E-state index contributed by atoms with van der Waals surface area (Å²) in [5.41, 5.74) is 5.45. The summed E-state index contributed by atoms with van der Waals surface area (Å²) < 4.78 is 24.5. The topological polar surface area (TPSA) is 188 Å². The third kappa shape index (κ3) is 10.3. The maximum Gasteiger partial charge on any atom is 0.306 e. The number of nitrogens with zero attached hydrogens (tertiary/aromatic N) is 5. The number of anilines is 1. The molecule has 0 aliphatic heterocycles. The Morgan fingerprint density at radius 3 is 1.80 bits per heavy atom. The lowest BCUT2D eigenvalue weighted by atomic mass is 10.1. The van der Waals surface area contributed by atoms with Gasteiger partial charge in [0.05, 0.1) is 39.8 Å². The minimum absolute atomic E-state index is 0.0141. The number of hydrogen-bond donors (Lipinski definition) is 3. The zero-order valence-corrected chi connectivity index (χ0v) is 38.2. The van der Waals surface area contributed by atoms with Crippen molar-refractivity contribution in [3.05, 3.63) is 101 Å². The maximum atomic E-state index is 11.3. The molecule has 1 unspecified atom stereocenters. The summed E-state index contributed by atoms with van der Waals surface area (Å²) >= 11 is 12.7. The second kappa shape index (κ2) is 19.7. The average Bonchev–Trinajstić information content (AvgIpc) is 4.15. The van der Waals surface area contributed by atoms with Crippen molar-refractivity contribution in [2.24, 2.45) is 11.8 Å². The first kappa shape index (κ1) is 45.7. The standard InChI is InChI=1S/2C25H24ClN3O4/c1-14(2)32-22-8-5-16(13-20(22)26)23-27-24(33-28-23)17-4-7-21-15(11-17)9-10-29(21)19-6-3-18(12-19)25(30)31;1-4-15-11-17(6-9-21(15)27-19-8-5-18(12-19)25(30)31)24-28-23(29-33-24)16-7-10-22(20(26)13-16)32-14(2)3/h4-5,7-11,13-14,18-19H,3,6,12H2,1-2H3,(H,30,31);1,6-7,9-11,13-14,18-19,27H,5,8,12H2,2-3H3,(H,30,31)/t18?,19-;18-,19+/m01/s1. The highest BCUT2D eigenvalue weighted by atomic mass is 35.5. The molecular formula is C50H48Cl2N6O8. The summed E-state index contributed by atoms with van der Waals surface area (Å²) in [6, 6.07) is 24.6. The van der Waals surface area contributed by atoms with Crippen molar-refractivity contribution >= 4 is 51.7 Å². The largest absolute Gasteiger partial charge is 0.489 e. The summed E-state index contributed by atoms with van der Waals surface area (Å²) in [4.78, 5) is 31.6. The Labute approximate surface area is 391 Å². The van der Waals surface area contributed by atoms with Gasteiger partial charge in [-0.05, 0) is 145 Å². The number of aliphatic carboxylic acids is 2. The highest BCUT2D eigenvalue weighted by molar-refractivity contribution is 6.32. The number of halogens is 2. The first-order chi connectivity index (χ1) is 31.7. The highest BCUT2D eigenvalue weighted by Crippen LogP contribution is 2.39. The lowest BCUT2D eigenvalue weighted by Gasteiger charge is -2.16. The zero-order chi connectivity index (χ0) is 46.6. The molecule has 4 aromatic carbocycles. The Kier molecular flexibility index (Phi) is 13.7. The number of ether oxygens (including phenoxy) is 2. The quantitative estimate of drug-likeness (QED) is 0.0928. The van der Waals surface area contributed by atoms with Gasteiger partial charge in [0.1, 0.15) is 11.5 Å². The molecule has 0 amide bonds. The van der Waals surface area contributed by atoms with Gasteiger partial charge in [-0.15, -0.1) is 6.42 Å². The molecule has 2 aliphatic rings. The van der Waals surface area contributed by atoms with Gasteiger partial charge in [0.25, 0.3) is 11.8 Å². The van der Waals surface area contributed by atoms with Gasteiger partial charge in [-0.1, -0.05) is 39.4 Å². The average molecular weight is 932 g/mol. The summed E-state index contributed by atoms with van der Waals surface area (Å²) in [5, 5.41) is 32.1. The fourth-order valence-electron chi connectivity index (χ4n) is 8.42. The molecule has 3 N–H and O–H groups in total. The molecule has 340 valence electrons. The van der Waals surface area contributed by atoms with Crippen molar-refractivity contribution in [2.75, 3.05) is 5.32 Å². The second-order valence-electron chi connectivity index (χ2n) is 17.1. The molecule has 66 heavy (non-hydrogen) atoms. The molecule has 3 heterocycles. The minimum atomic E-state index is -0.748. The molecule has 2 saturated carbocycles. The maximum absolute atomic E-state index is 11.3. The number of hydrogen-bond acceptors (Lipinski definition) is 11. The SMILES string of the molecule is C#Cc1cc(-c2nc(-c3ccc(OC(C)C)c(Cl)c3)no2)ccc1N[C@H]1CC[C@@H](C(=O)O)C1.CC(C)Oc1ccc(-c2noc(-c3ccc4c(ccn4[C@H]4CCC(C(=O)O)C4)c3)n2)cc1Cl. The van der Waals surface area contributed by atoms with Crippen molar-refractivity contribution in [1.29, 1.82) is 0 Å². The summed E-state index contributed by atoms with van der Waals surface area (Å²) in [7, 11) is 0. The number of benzene rings is 4. The van der Waals surface area contributed by atoms with E-state index in [0.29, 0.717) is 80.9 Å². The van der Waals surface area contributed by atoms with Crippen LogP contribution in [-0.2, 0) is 9.59 Å². The van der Waals surface area contributed by atoms with Gasteiger partial charge in [0.15, 0.2) is 0 Å². The smallest absolute Gasteiger partial charge is 0.306 e. The second-order valence-corrected chi connectivity index (χ2v) is 17.9. The number of terminal acetylenes is 1. The van der Waals surface area contributed by atoms with Crippen molar-refractivity contribution in [3.8, 4) is 69.5 Å². The van der Waals surface area contributed by atoms with E-state index in [9.17, 15) is 19.8 Å². The van der Waals surface area contributed by atoms with Crippen LogP contribution in [0.15, 0.2) is 94.1 Å². The molecule has 0 radical (unpaired) electrons. The van der Waals surface area contributed by atoms with Crippen LogP contribution in [0.2, 0.25) is 10.0 Å². The number of nitrogens with one attached hydrogen (secondary N) is 1. The molecule has 7 aromatic rings. The van der Waals surface area contributed by atoms with Gasteiger partial charge in [-0.3, -0.25) is 9.59 Å². The third-order valence-corrected chi connectivity index (χ3v) is 12.2. The summed E-state index contributed by atoms with van der Waals surface area (Å²) in [6.07, 6.45) is 12.1. The molecule has 0 bridgehead atoms. The minimum Gasteiger partial charge on any atom is -0.489 e. The summed E-state index contributed by atoms with van der Waals surface area (Å²) in [5.74, 6) is 3.47. The first-order valence-electron chi connectivity index (χ1n) is 21.8. The van der Waals surface area contributed by atoms with Crippen molar-refractivity contribution in [2.45, 2.75) is 90.5 Å². The Morgan fingerprint density at radius 2 is 1.27 bits per heavy atom. The van der Waals surface area contributed by atoms with Gasteiger partial charge in [-0.25, -0.2) is 0 Å². The van der Waals surface area contributed by atoms with Crippen LogP contribution in [0, 0.1) is 24.2 Å². The Hall–Kier alpha value is -6.82. The van der Waals surface area contributed by atoms with E-state index in [1.165, 1.54) is 0 Å². The molecule has 9 rings (SSSR count). The van der Waals surface area contributed by atoms with E-state index in [1.54, 1.807) is 30.3 Å². The van der Waals surface area contributed by atoms with Crippen LogP contribution < -0.4 is 14.8 Å². The van der Waals surface area contributed by atoms with Crippen LogP contribution in [0.1, 0.15) is 77.8 Å². The van der Waals surface area contributed by atoms with Crippen LogP contribution in [0.5, 0.6) is 11.5 Å². The fourth-order valence-corrected chi connectivity index (χ4v) is 8.87. The van der Waals surface area contributed by atoms with Crippen molar-refractivity contribution in [1.82, 2.24) is 24.8 Å². The first-order valence-corrected chi connectivity index (χ1v) is 22.5. The van der Waals surface area contributed by atoms with Crippen LogP contribution in [-0.4, -0.2) is 65.2 Å². The number of aromatic nitrogens is 5. The molecule has 16 heteroatoms. The predicted octanol–water partition coefficient (Wildman–Crippen LogP) is 11.7. The molecule has 3 aromatic heterocycles. The molecular weight excluding hydrogens is 883 g/mol. The number of carboxylic acids is 2. The number of carboxylic acid groups (broad SMARTS) is 2. The molecule has 0 spiro atoms. The Balaban J connectivity index is 0.000000179. The van der Waals surface area contributed by atoms with Gasteiger partial charge in [0, 0.05) is 57.0 Å². The number of carbonyl (C=O) groups is 2. The van der Waals surface area contributed by atoms with Crippen LogP contribution in [0.3, 0.4) is 0 Å². The van der Waals surface area contributed by atoms with E-state index >= 15 is 0 Å².